The van der Waals surface area contributed by atoms with Crippen molar-refractivity contribution in [1.82, 2.24) is 4.98 Å². The molecule has 1 aromatic heterocycles. The molecule has 0 aromatic carbocycles. The van der Waals surface area contributed by atoms with Crippen molar-refractivity contribution in [1.29, 1.82) is 0 Å². The van der Waals surface area contributed by atoms with Crippen molar-refractivity contribution in [2.24, 2.45) is 0 Å². The first-order valence-electron chi connectivity index (χ1n) is 5.24. The van der Waals surface area contributed by atoms with Crippen LogP contribution in [0.15, 0.2) is 12.3 Å². The number of nitrogens with zero attached hydrogens (tertiary/aromatic N) is 2. The van der Waals surface area contributed by atoms with Gasteiger partial charge in [-0.15, -0.1) is 0 Å². The average molecular weight is 242 g/mol. The number of anilines is 1. The highest BCUT2D eigenvalue weighted by Crippen LogP contribution is 2.32. The molecule has 5 nitrogen and oxygen atoms in total. The van der Waals surface area contributed by atoms with Crippen LogP contribution >= 0.6 is 11.6 Å². The number of aromatic nitrogens is 1. The Balaban J connectivity index is 2.25. The third kappa shape index (κ3) is 2.24. The maximum absolute atomic E-state index is 10.9. The Morgan fingerprint density at radius 3 is 2.81 bits per heavy atom. The zero-order valence-corrected chi connectivity index (χ0v) is 9.41. The van der Waals surface area contributed by atoms with Crippen LogP contribution in [-0.2, 0) is 0 Å². The number of hydrogen-bond donors (Lipinski definition) is 1. The maximum Gasteiger partial charge on any atom is 0.329 e. The van der Waals surface area contributed by atoms with Crippen LogP contribution in [0.25, 0.3) is 0 Å². The molecule has 1 fully saturated rings. The number of nitro groups is 1. The first kappa shape index (κ1) is 11.1. The van der Waals surface area contributed by atoms with E-state index in [4.69, 9.17) is 11.6 Å². The van der Waals surface area contributed by atoms with E-state index >= 15 is 0 Å². The molecule has 0 atom stereocenters. The van der Waals surface area contributed by atoms with Crippen LogP contribution in [-0.4, -0.2) is 15.9 Å². The molecule has 1 aromatic rings. The normalized spacial score (nSPS) is 16.3. The summed E-state index contributed by atoms with van der Waals surface area (Å²) in [5.41, 5.74) is 0.341. The highest BCUT2D eigenvalue weighted by Gasteiger charge is 2.23. The minimum atomic E-state index is -0.493. The predicted molar refractivity (Wildman–Crippen MR) is 61.8 cm³/mol. The molecule has 6 heteroatoms. The smallest absolute Gasteiger partial charge is 0.329 e. The first-order valence-corrected chi connectivity index (χ1v) is 5.61. The van der Waals surface area contributed by atoms with Crippen molar-refractivity contribution < 1.29 is 4.92 Å². The molecule has 0 radical (unpaired) electrons. The monoisotopic (exact) mass is 241 g/mol. The molecular weight excluding hydrogens is 230 g/mol. The van der Waals surface area contributed by atoms with Gasteiger partial charge in [0.1, 0.15) is 5.69 Å². The molecule has 1 heterocycles. The highest BCUT2D eigenvalue weighted by atomic mass is 35.5. The molecule has 2 rings (SSSR count). The molecule has 0 saturated heterocycles. The summed E-state index contributed by atoms with van der Waals surface area (Å²) in [6.45, 7) is 0. The van der Waals surface area contributed by atoms with Crippen LogP contribution < -0.4 is 5.32 Å². The topological polar surface area (TPSA) is 68.1 Å². The zero-order valence-electron chi connectivity index (χ0n) is 8.65. The molecular formula is C10H12ClN3O2. The third-order valence-electron chi connectivity index (χ3n) is 2.78. The zero-order chi connectivity index (χ0) is 11.5. The minimum Gasteiger partial charge on any atom is -0.377 e. The van der Waals surface area contributed by atoms with Gasteiger partial charge in [0, 0.05) is 12.2 Å². The van der Waals surface area contributed by atoms with Crippen molar-refractivity contribution in [3.8, 4) is 0 Å². The Kier molecular flexibility index (Phi) is 3.24. The number of rotatable bonds is 3. The van der Waals surface area contributed by atoms with Gasteiger partial charge in [0.15, 0.2) is 0 Å². The summed E-state index contributed by atoms with van der Waals surface area (Å²) >= 11 is 5.72. The number of hydrogen-bond acceptors (Lipinski definition) is 4. The molecule has 0 amide bonds. The van der Waals surface area contributed by atoms with Crippen LogP contribution in [0.3, 0.4) is 0 Å². The van der Waals surface area contributed by atoms with Gasteiger partial charge in [0.25, 0.3) is 0 Å². The Labute approximate surface area is 98.0 Å². The SMILES string of the molecule is O=[N+]([O-])c1c(NC2CCCC2)ccnc1Cl. The van der Waals surface area contributed by atoms with E-state index in [1.165, 1.54) is 19.0 Å². The average Bonchev–Trinajstić information content (AvgIpc) is 2.70. The highest BCUT2D eigenvalue weighted by molar-refractivity contribution is 6.32. The third-order valence-corrected chi connectivity index (χ3v) is 3.05. The fourth-order valence-corrected chi connectivity index (χ4v) is 2.24. The van der Waals surface area contributed by atoms with E-state index in [-0.39, 0.29) is 10.8 Å². The van der Waals surface area contributed by atoms with Crippen LogP contribution in [0.1, 0.15) is 25.7 Å². The number of halogens is 1. The molecule has 0 aliphatic heterocycles. The van der Waals surface area contributed by atoms with E-state index in [2.05, 4.69) is 10.3 Å². The predicted octanol–water partition coefficient (Wildman–Crippen LogP) is 3.00. The lowest BCUT2D eigenvalue weighted by molar-refractivity contribution is -0.384. The van der Waals surface area contributed by atoms with Crippen molar-refractivity contribution in [2.45, 2.75) is 31.7 Å². The second kappa shape index (κ2) is 4.65. The quantitative estimate of drug-likeness (QED) is 0.502. The molecule has 0 unspecified atom stereocenters. The molecule has 0 bridgehead atoms. The van der Waals surface area contributed by atoms with Crippen molar-refractivity contribution in [2.75, 3.05) is 5.32 Å². The van der Waals surface area contributed by atoms with Crippen LogP contribution in [0.2, 0.25) is 5.15 Å². The van der Waals surface area contributed by atoms with Gasteiger partial charge < -0.3 is 5.32 Å². The van der Waals surface area contributed by atoms with Gasteiger partial charge in [-0.3, -0.25) is 10.1 Å². The number of pyridine rings is 1. The van der Waals surface area contributed by atoms with Gasteiger partial charge in [-0.05, 0) is 18.9 Å². The van der Waals surface area contributed by atoms with Crippen molar-refractivity contribution in [3.05, 3.63) is 27.5 Å². The Morgan fingerprint density at radius 2 is 2.19 bits per heavy atom. The van der Waals surface area contributed by atoms with E-state index < -0.39 is 4.92 Å². The van der Waals surface area contributed by atoms with Gasteiger partial charge in [-0.1, -0.05) is 24.4 Å². The van der Waals surface area contributed by atoms with Crippen LogP contribution in [0, 0.1) is 10.1 Å². The Hall–Kier alpha value is -1.36. The molecule has 1 N–H and O–H groups in total. The first-order chi connectivity index (χ1) is 7.68. The van der Waals surface area contributed by atoms with E-state index in [0.29, 0.717) is 11.7 Å². The summed E-state index contributed by atoms with van der Waals surface area (Å²) in [5, 5.41) is 14.0. The largest absolute Gasteiger partial charge is 0.377 e. The molecule has 1 saturated carbocycles. The summed E-state index contributed by atoms with van der Waals surface area (Å²) in [6.07, 6.45) is 5.93. The van der Waals surface area contributed by atoms with Gasteiger partial charge in [-0.2, -0.15) is 0 Å². The van der Waals surface area contributed by atoms with Crippen molar-refractivity contribution >= 4 is 23.0 Å². The fourth-order valence-electron chi connectivity index (χ4n) is 2.01. The van der Waals surface area contributed by atoms with Gasteiger partial charge in [0.2, 0.25) is 5.15 Å². The van der Waals surface area contributed by atoms with E-state index in [1.54, 1.807) is 6.07 Å². The Morgan fingerprint density at radius 1 is 1.50 bits per heavy atom. The molecule has 1 aliphatic carbocycles. The molecule has 1 aliphatic rings. The summed E-state index contributed by atoms with van der Waals surface area (Å²) < 4.78 is 0. The summed E-state index contributed by atoms with van der Waals surface area (Å²) in [4.78, 5) is 14.1. The fraction of sp³-hybridized carbons (Fsp3) is 0.500. The Bertz CT molecular complexity index is 405. The minimum absolute atomic E-state index is 0.0620. The standard InChI is InChI=1S/C10H12ClN3O2/c11-10-9(14(15)16)8(5-6-12-10)13-7-3-1-2-4-7/h5-7H,1-4H2,(H,12,13). The second-order valence-corrected chi connectivity index (χ2v) is 4.24. The summed E-state index contributed by atoms with van der Waals surface area (Å²) in [5.74, 6) is 0. The lowest BCUT2D eigenvalue weighted by atomic mass is 10.2. The lowest BCUT2D eigenvalue weighted by Gasteiger charge is -2.13. The molecule has 0 spiro atoms. The van der Waals surface area contributed by atoms with E-state index in [0.717, 1.165) is 12.8 Å². The van der Waals surface area contributed by atoms with Crippen LogP contribution in [0.4, 0.5) is 11.4 Å². The lowest BCUT2D eigenvalue weighted by Crippen LogP contribution is -2.15. The van der Waals surface area contributed by atoms with E-state index in [9.17, 15) is 10.1 Å². The van der Waals surface area contributed by atoms with Gasteiger partial charge >= 0.3 is 5.69 Å². The molecule has 16 heavy (non-hydrogen) atoms. The van der Waals surface area contributed by atoms with E-state index in [1.807, 2.05) is 0 Å². The van der Waals surface area contributed by atoms with Gasteiger partial charge in [0.05, 0.1) is 4.92 Å². The summed E-state index contributed by atoms with van der Waals surface area (Å²) in [6, 6.07) is 1.92. The second-order valence-electron chi connectivity index (χ2n) is 3.88. The maximum atomic E-state index is 10.9. The summed E-state index contributed by atoms with van der Waals surface area (Å²) in [7, 11) is 0. The molecule has 86 valence electrons. The van der Waals surface area contributed by atoms with Crippen molar-refractivity contribution in [3.63, 3.8) is 0 Å². The van der Waals surface area contributed by atoms with Gasteiger partial charge in [-0.25, -0.2) is 4.98 Å². The van der Waals surface area contributed by atoms with Crippen LogP contribution in [0.5, 0.6) is 0 Å². The number of nitrogens with one attached hydrogen (secondary N) is 1.